The molecular formula is C19H20N2O3. The maximum absolute atomic E-state index is 10.2. The van der Waals surface area contributed by atoms with Crippen LogP contribution in [-0.4, -0.2) is 22.4 Å². The number of hydrogen-bond acceptors (Lipinski definition) is 4. The van der Waals surface area contributed by atoms with Crippen molar-refractivity contribution in [3.8, 4) is 34.3 Å². The van der Waals surface area contributed by atoms with Crippen LogP contribution >= 0.6 is 0 Å². The van der Waals surface area contributed by atoms with Crippen LogP contribution in [0, 0.1) is 0 Å². The average molecular weight is 324 g/mol. The fourth-order valence-corrected chi connectivity index (χ4v) is 2.56. The number of ether oxygens (including phenoxy) is 2. The summed E-state index contributed by atoms with van der Waals surface area (Å²) >= 11 is 0. The Balaban J connectivity index is 1.98. The van der Waals surface area contributed by atoms with Crippen molar-refractivity contribution in [2.75, 3.05) is 7.11 Å². The average Bonchev–Trinajstić information content (AvgIpc) is 3.03. The molecule has 0 unspecified atom stereocenters. The molecule has 0 saturated carbocycles. The first-order valence-corrected chi connectivity index (χ1v) is 7.77. The van der Waals surface area contributed by atoms with E-state index in [0.717, 1.165) is 11.3 Å². The van der Waals surface area contributed by atoms with Gasteiger partial charge in [-0.3, -0.25) is 5.10 Å². The van der Waals surface area contributed by atoms with E-state index >= 15 is 0 Å². The van der Waals surface area contributed by atoms with Crippen molar-refractivity contribution in [3.63, 3.8) is 0 Å². The van der Waals surface area contributed by atoms with Gasteiger partial charge < -0.3 is 14.6 Å². The zero-order valence-electron chi connectivity index (χ0n) is 13.9. The van der Waals surface area contributed by atoms with Gasteiger partial charge in [0.1, 0.15) is 22.9 Å². The monoisotopic (exact) mass is 324 g/mol. The molecule has 0 spiro atoms. The van der Waals surface area contributed by atoms with Crippen LogP contribution < -0.4 is 9.47 Å². The van der Waals surface area contributed by atoms with Crippen LogP contribution in [0.1, 0.15) is 25.3 Å². The van der Waals surface area contributed by atoms with Gasteiger partial charge in [-0.2, -0.15) is 5.10 Å². The Kier molecular flexibility index (Phi) is 4.42. The van der Waals surface area contributed by atoms with Crippen molar-refractivity contribution < 1.29 is 14.6 Å². The Hall–Kier alpha value is -2.95. The number of aromatic nitrogens is 2. The van der Waals surface area contributed by atoms with Gasteiger partial charge in [-0.1, -0.05) is 32.0 Å². The molecule has 0 radical (unpaired) electrons. The summed E-state index contributed by atoms with van der Waals surface area (Å²) < 4.78 is 11.2. The second-order valence-corrected chi connectivity index (χ2v) is 5.79. The van der Waals surface area contributed by atoms with E-state index in [1.165, 1.54) is 0 Å². The zero-order chi connectivity index (χ0) is 17.1. The SMILES string of the molecule is COc1ccc(-c2[nH]ncc2Oc2ccccc2C(C)C)c(O)c1. The largest absolute Gasteiger partial charge is 0.507 e. The molecule has 0 aliphatic heterocycles. The first-order valence-electron chi connectivity index (χ1n) is 7.77. The quantitative estimate of drug-likeness (QED) is 0.713. The summed E-state index contributed by atoms with van der Waals surface area (Å²) in [4.78, 5) is 0. The number of methoxy groups -OCH3 is 1. The second-order valence-electron chi connectivity index (χ2n) is 5.79. The van der Waals surface area contributed by atoms with Crippen LogP contribution in [0.2, 0.25) is 0 Å². The molecular weight excluding hydrogens is 304 g/mol. The third-order valence-corrected chi connectivity index (χ3v) is 3.84. The Morgan fingerprint density at radius 1 is 1.08 bits per heavy atom. The molecule has 1 heterocycles. The number of nitrogens with one attached hydrogen (secondary N) is 1. The highest BCUT2D eigenvalue weighted by Crippen LogP contribution is 2.39. The van der Waals surface area contributed by atoms with Gasteiger partial charge >= 0.3 is 0 Å². The third-order valence-electron chi connectivity index (χ3n) is 3.84. The van der Waals surface area contributed by atoms with Gasteiger partial charge in [0.2, 0.25) is 0 Å². The minimum absolute atomic E-state index is 0.0978. The number of phenolic OH excluding ortho intramolecular Hbond substituents is 1. The summed E-state index contributed by atoms with van der Waals surface area (Å²) in [5.74, 6) is 2.36. The van der Waals surface area contributed by atoms with E-state index in [1.807, 2.05) is 24.3 Å². The van der Waals surface area contributed by atoms with Gasteiger partial charge in [0.25, 0.3) is 0 Å². The Labute approximate surface area is 140 Å². The van der Waals surface area contributed by atoms with Crippen LogP contribution in [-0.2, 0) is 0 Å². The van der Waals surface area contributed by atoms with E-state index in [9.17, 15) is 5.11 Å². The molecule has 5 heteroatoms. The maximum atomic E-state index is 10.2. The fraction of sp³-hybridized carbons (Fsp3) is 0.211. The van der Waals surface area contributed by atoms with Gasteiger partial charge in [-0.15, -0.1) is 0 Å². The van der Waals surface area contributed by atoms with Gasteiger partial charge in [0.05, 0.1) is 13.3 Å². The number of para-hydroxylation sites is 1. The van der Waals surface area contributed by atoms with Crippen molar-refractivity contribution >= 4 is 0 Å². The van der Waals surface area contributed by atoms with Gasteiger partial charge in [-0.25, -0.2) is 0 Å². The van der Waals surface area contributed by atoms with E-state index in [-0.39, 0.29) is 5.75 Å². The summed E-state index contributed by atoms with van der Waals surface area (Å²) in [7, 11) is 1.56. The number of rotatable bonds is 5. The Morgan fingerprint density at radius 3 is 2.58 bits per heavy atom. The van der Waals surface area contributed by atoms with E-state index in [2.05, 4.69) is 24.0 Å². The highest BCUT2D eigenvalue weighted by Gasteiger charge is 2.16. The van der Waals surface area contributed by atoms with Crippen LogP contribution in [0.3, 0.4) is 0 Å². The topological polar surface area (TPSA) is 67.4 Å². The molecule has 0 aliphatic carbocycles. The molecule has 0 saturated heterocycles. The fourth-order valence-electron chi connectivity index (χ4n) is 2.56. The molecule has 0 atom stereocenters. The molecule has 5 nitrogen and oxygen atoms in total. The van der Waals surface area contributed by atoms with Crippen LogP contribution in [0.4, 0.5) is 0 Å². The number of hydrogen-bond donors (Lipinski definition) is 2. The van der Waals surface area contributed by atoms with E-state index in [1.54, 1.807) is 31.5 Å². The normalized spacial score (nSPS) is 10.8. The maximum Gasteiger partial charge on any atom is 0.173 e. The number of benzene rings is 2. The summed E-state index contributed by atoms with van der Waals surface area (Å²) in [6.45, 7) is 4.24. The molecule has 2 N–H and O–H groups in total. The van der Waals surface area contributed by atoms with E-state index in [4.69, 9.17) is 9.47 Å². The minimum Gasteiger partial charge on any atom is -0.507 e. The lowest BCUT2D eigenvalue weighted by Gasteiger charge is -2.14. The van der Waals surface area contributed by atoms with Crippen molar-refractivity contribution in [1.82, 2.24) is 10.2 Å². The van der Waals surface area contributed by atoms with Crippen molar-refractivity contribution in [1.29, 1.82) is 0 Å². The first kappa shape index (κ1) is 15.9. The molecule has 1 aromatic heterocycles. The molecule has 24 heavy (non-hydrogen) atoms. The number of aromatic amines is 1. The highest BCUT2D eigenvalue weighted by molar-refractivity contribution is 5.73. The number of nitrogens with zero attached hydrogens (tertiary/aromatic N) is 1. The summed E-state index contributed by atoms with van der Waals surface area (Å²) in [6, 6.07) is 13.0. The van der Waals surface area contributed by atoms with Crippen LogP contribution in [0.5, 0.6) is 23.0 Å². The summed E-state index contributed by atoms with van der Waals surface area (Å²) in [6.07, 6.45) is 1.61. The van der Waals surface area contributed by atoms with Crippen LogP contribution in [0.15, 0.2) is 48.7 Å². The van der Waals surface area contributed by atoms with Gasteiger partial charge in [0.15, 0.2) is 5.75 Å². The second kappa shape index (κ2) is 6.66. The molecule has 2 aromatic carbocycles. The molecule has 0 bridgehead atoms. The smallest absolute Gasteiger partial charge is 0.173 e. The standard InChI is InChI=1S/C19H20N2O3/c1-12(2)14-6-4-5-7-17(14)24-18-11-20-21-19(18)15-9-8-13(23-3)10-16(15)22/h4-12,22H,1-3H3,(H,20,21). The number of phenols is 1. The predicted octanol–water partition coefficient (Wildman–Crippen LogP) is 4.71. The molecule has 0 amide bonds. The Morgan fingerprint density at radius 2 is 1.88 bits per heavy atom. The predicted molar refractivity (Wildman–Crippen MR) is 92.8 cm³/mol. The summed E-state index contributed by atoms with van der Waals surface area (Å²) in [5, 5.41) is 17.2. The van der Waals surface area contributed by atoms with Gasteiger partial charge in [-0.05, 0) is 29.7 Å². The van der Waals surface area contributed by atoms with Gasteiger partial charge in [0, 0.05) is 11.6 Å². The van der Waals surface area contributed by atoms with Crippen molar-refractivity contribution in [3.05, 3.63) is 54.2 Å². The van der Waals surface area contributed by atoms with Crippen molar-refractivity contribution in [2.24, 2.45) is 0 Å². The highest BCUT2D eigenvalue weighted by atomic mass is 16.5. The number of H-pyrrole nitrogens is 1. The molecule has 3 rings (SSSR count). The number of aromatic hydroxyl groups is 1. The lowest BCUT2D eigenvalue weighted by atomic mass is 10.0. The summed E-state index contributed by atoms with van der Waals surface area (Å²) in [5.41, 5.74) is 2.34. The third kappa shape index (κ3) is 3.06. The minimum atomic E-state index is 0.0978. The lowest BCUT2D eigenvalue weighted by Crippen LogP contribution is -1.94. The molecule has 0 aliphatic rings. The van der Waals surface area contributed by atoms with Crippen molar-refractivity contribution in [2.45, 2.75) is 19.8 Å². The Bertz CT molecular complexity index is 840. The lowest BCUT2D eigenvalue weighted by molar-refractivity contribution is 0.408. The molecule has 3 aromatic rings. The zero-order valence-corrected chi connectivity index (χ0v) is 13.9. The van der Waals surface area contributed by atoms with E-state index < -0.39 is 0 Å². The first-order chi connectivity index (χ1) is 11.6. The van der Waals surface area contributed by atoms with E-state index in [0.29, 0.717) is 28.7 Å². The molecule has 0 fully saturated rings. The molecule has 124 valence electrons. The van der Waals surface area contributed by atoms with Crippen LogP contribution in [0.25, 0.3) is 11.3 Å².